The van der Waals surface area contributed by atoms with Crippen LogP contribution in [-0.4, -0.2) is 25.2 Å². The number of aryl methyl sites for hydroxylation is 1. The maximum absolute atomic E-state index is 13.2. The van der Waals surface area contributed by atoms with Crippen LogP contribution in [0.2, 0.25) is 5.02 Å². The van der Waals surface area contributed by atoms with Gasteiger partial charge in [-0.05, 0) is 49.7 Å². The van der Waals surface area contributed by atoms with Crippen molar-refractivity contribution in [3.05, 3.63) is 101 Å². The molecule has 4 rings (SSSR count). The van der Waals surface area contributed by atoms with E-state index in [0.717, 1.165) is 22.6 Å². The SMILES string of the molecule is Cc1cc(C(=O)NC(Cn2cncn2)c2ccccc2)c(C)n1-c1ccc(Cl)cc1. The molecule has 0 aliphatic rings. The van der Waals surface area contributed by atoms with E-state index in [4.69, 9.17) is 11.6 Å². The molecule has 30 heavy (non-hydrogen) atoms. The number of halogens is 1. The molecule has 0 aliphatic heterocycles. The lowest BCUT2D eigenvalue weighted by Gasteiger charge is -2.19. The van der Waals surface area contributed by atoms with Crippen LogP contribution in [0.4, 0.5) is 0 Å². The maximum Gasteiger partial charge on any atom is 0.253 e. The Morgan fingerprint density at radius 2 is 1.83 bits per heavy atom. The van der Waals surface area contributed by atoms with Gasteiger partial charge in [0.1, 0.15) is 12.7 Å². The Kier molecular flexibility index (Phi) is 5.68. The molecule has 2 aromatic heterocycles. The van der Waals surface area contributed by atoms with Crippen molar-refractivity contribution in [2.24, 2.45) is 0 Å². The summed E-state index contributed by atoms with van der Waals surface area (Å²) in [5.74, 6) is -0.128. The highest BCUT2D eigenvalue weighted by Crippen LogP contribution is 2.23. The molecule has 0 bridgehead atoms. The van der Waals surface area contributed by atoms with Crippen molar-refractivity contribution >= 4 is 17.5 Å². The van der Waals surface area contributed by atoms with Gasteiger partial charge in [-0.2, -0.15) is 5.10 Å². The van der Waals surface area contributed by atoms with E-state index in [-0.39, 0.29) is 11.9 Å². The van der Waals surface area contributed by atoms with Gasteiger partial charge in [0.05, 0.1) is 18.2 Å². The van der Waals surface area contributed by atoms with Crippen LogP contribution < -0.4 is 5.32 Å². The molecule has 0 fully saturated rings. The van der Waals surface area contributed by atoms with Gasteiger partial charge in [-0.25, -0.2) is 4.98 Å². The summed E-state index contributed by atoms with van der Waals surface area (Å²) in [4.78, 5) is 17.2. The first-order valence-corrected chi connectivity index (χ1v) is 10.0. The summed E-state index contributed by atoms with van der Waals surface area (Å²) in [5, 5.41) is 8.03. The molecule has 1 amide bonds. The van der Waals surface area contributed by atoms with E-state index in [2.05, 4.69) is 20.0 Å². The molecule has 0 saturated heterocycles. The molecule has 1 N–H and O–H groups in total. The average Bonchev–Trinajstić information content (AvgIpc) is 3.36. The van der Waals surface area contributed by atoms with E-state index < -0.39 is 0 Å². The van der Waals surface area contributed by atoms with E-state index in [1.165, 1.54) is 6.33 Å². The lowest BCUT2D eigenvalue weighted by Crippen LogP contribution is -2.32. The number of amides is 1. The molecule has 1 unspecified atom stereocenters. The Bertz CT molecular complexity index is 1130. The van der Waals surface area contributed by atoms with E-state index in [9.17, 15) is 4.79 Å². The number of aromatic nitrogens is 4. The first-order valence-electron chi connectivity index (χ1n) is 9.66. The number of hydrogen-bond donors (Lipinski definition) is 1. The summed E-state index contributed by atoms with van der Waals surface area (Å²) in [6.45, 7) is 4.43. The minimum absolute atomic E-state index is 0.128. The largest absolute Gasteiger partial charge is 0.343 e. The number of hydrogen-bond acceptors (Lipinski definition) is 3. The Morgan fingerprint density at radius 3 is 2.50 bits per heavy atom. The molecule has 4 aromatic rings. The summed E-state index contributed by atoms with van der Waals surface area (Å²) < 4.78 is 3.77. The number of rotatable bonds is 6. The first-order chi connectivity index (χ1) is 14.5. The van der Waals surface area contributed by atoms with Crippen molar-refractivity contribution in [1.29, 1.82) is 0 Å². The highest BCUT2D eigenvalue weighted by atomic mass is 35.5. The van der Waals surface area contributed by atoms with Crippen molar-refractivity contribution in [2.45, 2.75) is 26.4 Å². The molecular formula is C23H22ClN5O. The lowest BCUT2D eigenvalue weighted by atomic mass is 10.1. The lowest BCUT2D eigenvalue weighted by molar-refractivity contribution is 0.0931. The molecule has 152 valence electrons. The van der Waals surface area contributed by atoms with E-state index in [0.29, 0.717) is 17.1 Å². The minimum Gasteiger partial charge on any atom is -0.343 e. The minimum atomic E-state index is -0.237. The topological polar surface area (TPSA) is 64.7 Å². The Labute approximate surface area is 180 Å². The second kappa shape index (κ2) is 8.55. The van der Waals surface area contributed by atoms with E-state index in [1.807, 2.05) is 74.5 Å². The van der Waals surface area contributed by atoms with Crippen molar-refractivity contribution in [1.82, 2.24) is 24.6 Å². The standard InChI is InChI=1S/C23H22ClN5O/c1-16-12-21(17(2)29(16)20-10-8-19(24)9-11-20)23(30)27-22(13-28-15-25-14-26-28)18-6-4-3-5-7-18/h3-12,14-15,22H,13H2,1-2H3,(H,27,30). The van der Waals surface area contributed by atoms with E-state index in [1.54, 1.807) is 11.0 Å². The summed E-state index contributed by atoms with van der Waals surface area (Å²) in [7, 11) is 0. The third-order valence-electron chi connectivity index (χ3n) is 5.10. The zero-order chi connectivity index (χ0) is 21.1. The number of nitrogens with one attached hydrogen (secondary N) is 1. The molecule has 0 spiro atoms. The fraction of sp³-hybridized carbons (Fsp3) is 0.174. The number of nitrogens with zero attached hydrogens (tertiary/aromatic N) is 4. The highest BCUT2D eigenvalue weighted by molar-refractivity contribution is 6.30. The van der Waals surface area contributed by atoms with Crippen molar-refractivity contribution in [2.75, 3.05) is 0 Å². The van der Waals surface area contributed by atoms with Gasteiger partial charge >= 0.3 is 0 Å². The van der Waals surface area contributed by atoms with Crippen LogP contribution in [0.5, 0.6) is 0 Å². The third kappa shape index (κ3) is 4.14. The fourth-order valence-electron chi connectivity index (χ4n) is 3.65. The van der Waals surface area contributed by atoms with Gasteiger partial charge in [0.25, 0.3) is 5.91 Å². The van der Waals surface area contributed by atoms with Gasteiger partial charge < -0.3 is 9.88 Å². The van der Waals surface area contributed by atoms with Crippen LogP contribution >= 0.6 is 11.6 Å². The highest BCUT2D eigenvalue weighted by Gasteiger charge is 2.21. The number of carbonyl (C=O) groups is 1. The molecule has 6 nitrogen and oxygen atoms in total. The first kappa shape index (κ1) is 19.9. The smallest absolute Gasteiger partial charge is 0.253 e. The average molecular weight is 420 g/mol. The maximum atomic E-state index is 13.2. The fourth-order valence-corrected chi connectivity index (χ4v) is 3.78. The van der Waals surface area contributed by atoms with Crippen LogP contribution in [0.1, 0.15) is 33.4 Å². The molecule has 2 aromatic carbocycles. The normalized spacial score (nSPS) is 12.0. The number of benzene rings is 2. The number of carbonyl (C=O) groups excluding carboxylic acids is 1. The molecule has 0 radical (unpaired) electrons. The predicted octanol–water partition coefficient (Wildman–Crippen LogP) is 4.51. The summed E-state index contributed by atoms with van der Waals surface area (Å²) >= 11 is 6.02. The Hall–Kier alpha value is -3.38. The second-order valence-corrected chi connectivity index (χ2v) is 7.59. The Balaban J connectivity index is 1.63. The van der Waals surface area contributed by atoms with Crippen molar-refractivity contribution in [3.8, 4) is 5.69 Å². The quantitative estimate of drug-likeness (QED) is 0.500. The van der Waals surface area contributed by atoms with Crippen molar-refractivity contribution in [3.63, 3.8) is 0 Å². The monoisotopic (exact) mass is 419 g/mol. The van der Waals surface area contributed by atoms with Crippen LogP contribution in [0.15, 0.2) is 73.3 Å². The van der Waals surface area contributed by atoms with Gasteiger partial charge in [-0.15, -0.1) is 0 Å². The summed E-state index contributed by atoms with van der Waals surface area (Å²) in [6, 6.07) is 19.1. The molecule has 0 aliphatic carbocycles. The van der Waals surface area contributed by atoms with Crippen LogP contribution in [-0.2, 0) is 6.54 Å². The molecular weight excluding hydrogens is 398 g/mol. The van der Waals surface area contributed by atoms with Crippen LogP contribution in [0.25, 0.3) is 5.69 Å². The Morgan fingerprint density at radius 1 is 1.10 bits per heavy atom. The summed E-state index contributed by atoms with van der Waals surface area (Å²) in [6.07, 6.45) is 3.14. The van der Waals surface area contributed by atoms with Crippen molar-refractivity contribution < 1.29 is 4.79 Å². The summed E-state index contributed by atoms with van der Waals surface area (Å²) in [5.41, 5.74) is 4.47. The van der Waals surface area contributed by atoms with Gasteiger partial charge in [-0.1, -0.05) is 41.9 Å². The molecule has 7 heteroatoms. The molecule has 1 atom stereocenters. The van der Waals surface area contributed by atoms with Crippen LogP contribution in [0.3, 0.4) is 0 Å². The van der Waals surface area contributed by atoms with Gasteiger partial charge in [0.15, 0.2) is 0 Å². The molecule has 0 saturated carbocycles. The van der Waals surface area contributed by atoms with Crippen LogP contribution in [0, 0.1) is 13.8 Å². The van der Waals surface area contributed by atoms with Gasteiger partial charge in [0.2, 0.25) is 0 Å². The van der Waals surface area contributed by atoms with Gasteiger partial charge in [-0.3, -0.25) is 9.48 Å². The second-order valence-electron chi connectivity index (χ2n) is 7.15. The van der Waals surface area contributed by atoms with E-state index >= 15 is 0 Å². The zero-order valence-corrected chi connectivity index (χ0v) is 17.5. The molecule has 2 heterocycles. The predicted molar refractivity (Wildman–Crippen MR) is 117 cm³/mol. The third-order valence-corrected chi connectivity index (χ3v) is 5.36. The van der Waals surface area contributed by atoms with Gasteiger partial charge in [0, 0.05) is 22.1 Å². The zero-order valence-electron chi connectivity index (χ0n) is 16.8.